The number of carbonyl (C=O) groups excluding carboxylic acids is 1. The zero-order valence-corrected chi connectivity index (χ0v) is 14.5. The first-order valence-corrected chi connectivity index (χ1v) is 8.21. The van der Waals surface area contributed by atoms with Gasteiger partial charge in [0.1, 0.15) is 11.5 Å². The van der Waals surface area contributed by atoms with Crippen molar-refractivity contribution in [3.8, 4) is 0 Å². The van der Waals surface area contributed by atoms with Crippen LogP contribution in [0.3, 0.4) is 0 Å². The Hall–Kier alpha value is -1.53. The van der Waals surface area contributed by atoms with E-state index < -0.39 is 0 Å². The van der Waals surface area contributed by atoms with Gasteiger partial charge in [0.25, 0.3) is 0 Å². The third kappa shape index (κ3) is 4.48. The van der Waals surface area contributed by atoms with Crippen LogP contribution in [0, 0.1) is 5.41 Å². The lowest BCUT2D eigenvalue weighted by Gasteiger charge is -2.36. The third-order valence-corrected chi connectivity index (χ3v) is 4.08. The molecule has 0 bridgehead atoms. The van der Waals surface area contributed by atoms with E-state index in [-0.39, 0.29) is 30.2 Å². The number of aryl methyl sites for hydroxylation is 1. The Kier molecular flexibility index (Phi) is 5.70. The summed E-state index contributed by atoms with van der Waals surface area (Å²) in [6.45, 7) is 9.54. The van der Waals surface area contributed by atoms with Gasteiger partial charge in [0, 0.05) is 13.0 Å². The minimum Gasteiger partial charge on any atom is -0.464 e. The van der Waals surface area contributed by atoms with Crippen LogP contribution >= 0.6 is 0 Å². The zero-order chi connectivity index (χ0) is 17.0. The van der Waals surface area contributed by atoms with E-state index in [9.17, 15) is 9.90 Å². The lowest BCUT2D eigenvalue weighted by atomic mass is 9.85. The molecule has 1 fully saturated rings. The number of ether oxygens (including phenoxy) is 1. The van der Waals surface area contributed by atoms with Crippen LogP contribution in [-0.4, -0.2) is 48.4 Å². The first kappa shape index (κ1) is 17.8. The maximum absolute atomic E-state index is 12.6. The molecule has 2 N–H and O–H groups in total. The summed E-state index contributed by atoms with van der Waals surface area (Å²) >= 11 is 0. The van der Waals surface area contributed by atoms with Gasteiger partial charge >= 0.3 is 6.03 Å². The second kappa shape index (κ2) is 7.36. The second-order valence-electron chi connectivity index (χ2n) is 7.03. The summed E-state index contributed by atoms with van der Waals surface area (Å²) in [4.78, 5) is 14.3. The molecule has 0 aliphatic carbocycles. The first-order chi connectivity index (χ1) is 10.8. The van der Waals surface area contributed by atoms with E-state index in [1.54, 1.807) is 4.90 Å². The highest BCUT2D eigenvalue weighted by atomic mass is 16.5. The number of nitrogens with one attached hydrogen (secondary N) is 1. The standard InChI is InChI=1S/C17H28N2O4/c1-5-12-6-7-14(23-12)15(17(2,3)4)18-16(21)19-8-9-22-13(10-19)11-20/h6-7,13,15,20H,5,8-11H2,1-4H3,(H,18,21)/t13-,15-/m1/s1. The number of aliphatic hydroxyl groups excluding tert-OH is 1. The summed E-state index contributed by atoms with van der Waals surface area (Å²) < 4.78 is 11.2. The molecule has 1 aliphatic rings. The largest absolute Gasteiger partial charge is 0.464 e. The van der Waals surface area contributed by atoms with Crippen molar-refractivity contribution in [2.24, 2.45) is 5.41 Å². The van der Waals surface area contributed by atoms with Gasteiger partial charge in [0.2, 0.25) is 0 Å². The fraction of sp³-hybridized carbons (Fsp3) is 0.706. The van der Waals surface area contributed by atoms with Crippen molar-refractivity contribution >= 4 is 6.03 Å². The van der Waals surface area contributed by atoms with Crippen molar-refractivity contribution in [3.63, 3.8) is 0 Å². The van der Waals surface area contributed by atoms with Gasteiger partial charge in [-0.25, -0.2) is 4.79 Å². The highest BCUT2D eigenvalue weighted by Gasteiger charge is 2.33. The van der Waals surface area contributed by atoms with Gasteiger partial charge in [-0.3, -0.25) is 0 Å². The first-order valence-electron chi connectivity index (χ1n) is 8.21. The molecular formula is C17H28N2O4. The number of hydrogen-bond acceptors (Lipinski definition) is 4. The average molecular weight is 324 g/mol. The summed E-state index contributed by atoms with van der Waals surface area (Å²) in [6, 6.07) is 3.52. The van der Waals surface area contributed by atoms with Crippen LogP contribution in [0.15, 0.2) is 16.5 Å². The molecule has 6 nitrogen and oxygen atoms in total. The number of carbonyl (C=O) groups is 1. The average Bonchev–Trinajstić information content (AvgIpc) is 2.99. The molecule has 0 unspecified atom stereocenters. The van der Waals surface area contributed by atoms with E-state index in [0.29, 0.717) is 19.7 Å². The molecule has 0 radical (unpaired) electrons. The number of hydrogen-bond donors (Lipinski definition) is 2. The van der Waals surface area contributed by atoms with Gasteiger partial charge in [0.15, 0.2) is 0 Å². The number of nitrogens with zero attached hydrogens (tertiary/aromatic N) is 1. The number of rotatable bonds is 4. The maximum Gasteiger partial charge on any atom is 0.318 e. The Balaban J connectivity index is 2.10. The van der Waals surface area contributed by atoms with Crippen molar-refractivity contribution in [3.05, 3.63) is 23.7 Å². The van der Waals surface area contributed by atoms with E-state index in [1.807, 2.05) is 19.1 Å². The fourth-order valence-corrected chi connectivity index (χ4v) is 2.68. The van der Waals surface area contributed by atoms with Gasteiger partial charge < -0.3 is 24.5 Å². The molecule has 0 saturated carbocycles. The minimum absolute atomic E-state index is 0.0788. The summed E-state index contributed by atoms with van der Waals surface area (Å²) in [5.41, 5.74) is -0.179. The number of urea groups is 1. The predicted molar refractivity (Wildman–Crippen MR) is 87.2 cm³/mol. The molecule has 2 atom stereocenters. The molecule has 1 aromatic heterocycles. The number of furan rings is 1. The molecular weight excluding hydrogens is 296 g/mol. The Morgan fingerprint density at radius 3 is 2.78 bits per heavy atom. The van der Waals surface area contributed by atoms with Crippen LogP contribution in [0.4, 0.5) is 4.79 Å². The smallest absolute Gasteiger partial charge is 0.318 e. The molecule has 1 aromatic rings. The molecule has 0 spiro atoms. The Labute approximate surface area is 137 Å². The van der Waals surface area contributed by atoms with Crippen LogP contribution in [0.1, 0.15) is 45.3 Å². The van der Waals surface area contributed by atoms with Crippen molar-refractivity contribution in [1.82, 2.24) is 10.2 Å². The normalized spacial score (nSPS) is 20.4. The Bertz CT molecular complexity index is 521. The van der Waals surface area contributed by atoms with E-state index in [1.165, 1.54) is 0 Å². The van der Waals surface area contributed by atoms with E-state index >= 15 is 0 Å². The third-order valence-electron chi connectivity index (χ3n) is 4.08. The van der Waals surface area contributed by atoms with Crippen molar-refractivity contribution in [2.75, 3.05) is 26.3 Å². The highest BCUT2D eigenvalue weighted by Crippen LogP contribution is 2.34. The molecule has 2 rings (SSSR count). The van der Waals surface area contributed by atoms with Crippen LogP contribution in [0.2, 0.25) is 0 Å². The SMILES string of the molecule is CCc1ccc([C@@H](NC(=O)N2CCO[C@@H](CO)C2)C(C)(C)C)o1. The molecule has 6 heteroatoms. The molecule has 130 valence electrons. The number of amides is 2. The molecule has 1 aliphatic heterocycles. The van der Waals surface area contributed by atoms with E-state index in [4.69, 9.17) is 9.15 Å². The van der Waals surface area contributed by atoms with Crippen molar-refractivity contribution < 1.29 is 19.1 Å². The Morgan fingerprint density at radius 1 is 1.48 bits per heavy atom. The van der Waals surface area contributed by atoms with E-state index in [0.717, 1.165) is 17.9 Å². The topological polar surface area (TPSA) is 74.9 Å². The van der Waals surface area contributed by atoms with Gasteiger partial charge in [-0.2, -0.15) is 0 Å². The molecule has 1 saturated heterocycles. The molecule has 23 heavy (non-hydrogen) atoms. The Morgan fingerprint density at radius 2 is 2.22 bits per heavy atom. The highest BCUT2D eigenvalue weighted by molar-refractivity contribution is 5.75. The lowest BCUT2D eigenvalue weighted by molar-refractivity contribution is -0.0409. The van der Waals surface area contributed by atoms with Gasteiger partial charge in [0.05, 0.1) is 31.9 Å². The second-order valence-corrected chi connectivity index (χ2v) is 7.03. The number of aliphatic hydroxyl groups is 1. The van der Waals surface area contributed by atoms with Crippen molar-refractivity contribution in [2.45, 2.75) is 46.3 Å². The molecule has 2 amide bonds. The maximum atomic E-state index is 12.6. The minimum atomic E-state index is -0.308. The van der Waals surface area contributed by atoms with Crippen LogP contribution in [0.25, 0.3) is 0 Å². The molecule has 2 heterocycles. The monoisotopic (exact) mass is 324 g/mol. The van der Waals surface area contributed by atoms with Gasteiger partial charge in [-0.05, 0) is 17.5 Å². The summed E-state index contributed by atoms with van der Waals surface area (Å²) in [6.07, 6.45) is 0.518. The number of morpholine rings is 1. The van der Waals surface area contributed by atoms with Crippen LogP contribution < -0.4 is 5.32 Å². The van der Waals surface area contributed by atoms with Gasteiger partial charge in [-0.15, -0.1) is 0 Å². The zero-order valence-electron chi connectivity index (χ0n) is 14.5. The lowest BCUT2D eigenvalue weighted by Crippen LogP contribution is -2.52. The van der Waals surface area contributed by atoms with Gasteiger partial charge in [-0.1, -0.05) is 27.7 Å². The molecule has 0 aromatic carbocycles. The van der Waals surface area contributed by atoms with Crippen LogP contribution in [0.5, 0.6) is 0 Å². The van der Waals surface area contributed by atoms with E-state index in [2.05, 4.69) is 26.1 Å². The summed E-state index contributed by atoms with van der Waals surface area (Å²) in [5, 5.41) is 12.3. The van der Waals surface area contributed by atoms with Crippen LogP contribution in [-0.2, 0) is 11.2 Å². The fourth-order valence-electron chi connectivity index (χ4n) is 2.68. The van der Waals surface area contributed by atoms with Crippen molar-refractivity contribution in [1.29, 1.82) is 0 Å². The predicted octanol–water partition coefficient (Wildman–Crippen LogP) is 2.33. The quantitative estimate of drug-likeness (QED) is 0.891. The summed E-state index contributed by atoms with van der Waals surface area (Å²) in [7, 11) is 0. The summed E-state index contributed by atoms with van der Waals surface area (Å²) in [5.74, 6) is 1.69.